The number of hydrogen-bond acceptors (Lipinski definition) is 0. The molecule has 2 aromatic rings. The molecule has 125 valence electrons. The first-order chi connectivity index (χ1) is 9.11. The van der Waals surface area contributed by atoms with Crippen molar-refractivity contribution in [1.29, 1.82) is 0 Å². The van der Waals surface area contributed by atoms with Gasteiger partial charge >= 0.3 is 0 Å². The molecule has 0 aromatic heterocycles. The van der Waals surface area contributed by atoms with Crippen LogP contribution in [0.25, 0.3) is 0 Å². The van der Waals surface area contributed by atoms with Crippen molar-refractivity contribution in [2.75, 3.05) is 0 Å². The fourth-order valence-corrected chi connectivity index (χ4v) is 7.59. The normalized spacial score (nSPS) is 10.0. The summed E-state index contributed by atoms with van der Waals surface area (Å²) in [5.41, 5.74) is 0. The van der Waals surface area contributed by atoms with Crippen molar-refractivity contribution in [1.82, 2.24) is 0 Å². The molecule has 2 aromatic carbocycles. The van der Waals surface area contributed by atoms with Crippen LogP contribution >= 0.6 is 159 Å². The minimum absolute atomic E-state index is 0. The third-order valence-corrected chi connectivity index (χ3v) is 15.2. The van der Waals surface area contributed by atoms with E-state index in [0.29, 0.717) is 0 Å². The number of rotatable bonds is 0. The van der Waals surface area contributed by atoms with E-state index in [1.807, 2.05) is 0 Å². The van der Waals surface area contributed by atoms with E-state index in [2.05, 4.69) is 159 Å². The van der Waals surface area contributed by atoms with E-state index in [1.165, 1.54) is 0 Å². The average Bonchev–Trinajstić information content (AvgIpc) is 2.71. The summed E-state index contributed by atoms with van der Waals surface area (Å²) < 4.78 is 10.2. The third kappa shape index (κ3) is 6.00. The van der Waals surface area contributed by atoms with Gasteiger partial charge in [-0.3, -0.25) is 0 Å². The molecule has 1 radical (unpaired) electrons. The molecule has 0 atom stereocenters. The Bertz CT molecular complexity index is 424. The van der Waals surface area contributed by atoms with Crippen LogP contribution in [0.4, 0.5) is 0 Å². The zero-order valence-electron chi connectivity index (χ0n) is 9.11. The number of halogens is 10. The molecule has 2 rings (SSSR count). The molecule has 0 heterocycles. The molecule has 0 amide bonds. The maximum absolute atomic E-state index is 3.40. The standard InChI is InChI=1S/2C5Br5.Co/c2*6-1-2(7)4(9)5(10)3(1)8;/q-5;-1;. The Morgan fingerprint density at radius 1 is 0.476 bits per heavy atom. The number of hydrogen-bond donors (Lipinski definition) is 0. The Morgan fingerprint density at radius 2 is 0.667 bits per heavy atom. The molecule has 0 bridgehead atoms. The molecule has 21 heavy (non-hydrogen) atoms. The van der Waals surface area contributed by atoms with Crippen molar-refractivity contribution in [2.24, 2.45) is 0 Å². The van der Waals surface area contributed by atoms with E-state index in [4.69, 9.17) is 0 Å². The summed E-state index contributed by atoms with van der Waals surface area (Å²) in [5.74, 6) is 0. The quantitative estimate of drug-likeness (QED) is 0.231. The average molecular weight is 978 g/mol. The second-order valence-electron chi connectivity index (χ2n) is 3.14. The summed E-state index contributed by atoms with van der Waals surface area (Å²) in [6, 6.07) is 0. The molecule has 0 aliphatic carbocycles. The van der Waals surface area contributed by atoms with Gasteiger partial charge in [0, 0.05) is 16.8 Å². The smallest absolute Gasteiger partial charge is 0 e. The largest absolute Gasteiger partial charge is 0.641 e. The van der Waals surface area contributed by atoms with Gasteiger partial charge < -0.3 is 102 Å². The first-order valence-corrected chi connectivity index (χ1v) is 12.3. The Morgan fingerprint density at radius 3 is 0.762 bits per heavy atom. The fraction of sp³-hybridized carbons (Fsp3) is 0. The molecule has 0 aliphatic heterocycles. The Hall–Kier alpha value is 4.01. The SMILES string of the molecule is Br[c-]1[c-](Br)[c-](Br)[c-](Br)[c-]1Br.Brc1c(Br)c(Br)[c-](Br)c1Br.[Co]. The van der Waals surface area contributed by atoms with Gasteiger partial charge in [0.2, 0.25) is 0 Å². The van der Waals surface area contributed by atoms with Crippen molar-refractivity contribution >= 4 is 159 Å². The van der Waals surface area contributed by atoms with Gasteiger partial charge in [-0.25, -0.2) is 0 Å². The molecular formula is C10Br10Co-6. The zero-order valence-corrected chi connectivity index (χ0v) is 26.0. The van der Waals surface area contributed by atoms with Crippen molar-refractivity contribution in [3.05, 3.63) is 44.7 Å². The zero-order chi connectivity index (χ0) is 15.8. The molecule has 0 aliphatic rings. The van der Waals surface area contributed by atoms with Gasteiger partial charge in [-0.2, -0.15) is 0 Å². The van der Waals surface area contributed by atoms with Crippen LogP contribution in [0, 0.1) is 0 Å². The van der Waals surface area contributed by atoms with Crippen LogP contribution in [0.5, 0.6) is 0 Å². The first-order valence-electron chi connectivity index (χ1n) is 4.39. The second kappa shape index (κ2) is 11.0. The maximum atomic E-state index is 3.40. The predicted octanol–water partition coefficient (Wildman–Crippen LogP) is 10.4. The molecule has 0 spiro atoms. The summed E-state index contributed by atoms with van der Waals surface area (Å²) in [5, 5.41) is 0. The summed E-state index contributed by atoms with van der Waals surface area (Å²) >= 11 is 34.0. The Labute approximate surface area is 216 Å². The maximum Gasteiger partial charge on any atom is 0 e. The Kier molecular flexibility index (Phi) is 13.1. The van der Waals surface area contributed by atoms with Crippen molar-refractivity contribution in [3.8, 4) is 0 Å². The van der Waals surface area contributed by atoms with Gasteiger partial charge in [0.05, 0.1) is 0 Å². The van der Waals surface area contributed by atoms with E-state index < -0.39 is 0 Å². The van der Waals surface area contributed by atoms with Crippen LogP contribution in [0.2, 0.25) is 0 Å². The van der Waals surface area contributed by atoms with Gasteiger partial charge in [-0.1, -0.05) is 45.3 Å². The van der Waals surface area contributed by atoms with Gasteiger partial charge in [-0.05, 0) is 0 Å². The molecule has 11 heteroatoms. The van der Waals surface area contributed by atoms with Gasteiger partial charge in [0.15, 0.2) is 0 Å². The van der Waals surface area contributed by atoms with Crippen molar-refractivity contribution < 1.29 is 16.8 Å². The topological polar surface area (TPSA) is 0 Å². The minimum Gasteiger partial charge on any atom is -0.641 e. The van der Waals surface area contributed by atoms with Crippen LogP contribution in [0.15, 0.2) is 44.7 Å². The molecule has 0 saturated heterocycles. The van der Waals surface area contributed by atoms with E-state index >= 15 is 0 Å². The molecule has 0 fully saturated rings. The van der Waals surface area contributed by atoms with Crippen LogP contribution in [-0.4, -0.2) is 0 Å². The van der Waals surface area contributed by atoms with E-state index in [1.54, 1.807) is 0 Å². The molecule has 0 nitrogen and oxygen atoms in total. The Balaban J connectivity index is 0.000000364. The van der Waals surface area contributed by atoms with Crippen LogP contribution in [0.3, 0.4) is 0 Å². The van der Waals surface area contributed by atoms with Crippen molar-refractivity contribution in [2.45, 2.75) is 0 Å². The molecule has 0 N–H and O–H groups in total. The van der Waals surface area contributed by atoms with Crippen LogP contribution in [-0.2, 0) is 16.8 Å². The van der Waals surface area contributed by atoms with Crippen molar-refractivity contribution in [3.63, 3.8) is 0 Å². The van der Waals surface area contributed by atoms with E-state index in [0.717, 1.165) is 44.7 Å². The summed E-state index contributed by atoms with van der Waals surface area (Å²) in [6.45, 7) is 0. The molecule has 0 unspecified atom stereocenters. The van der Waals surface area contributed by atoms with Crippen LogP contribution < -0.4 is 0 Å². The monoisotopic (exact) mass is 968 g/mol. The van der Waals surface area contributed by atoms with E-state index in [9.17, 15) is 0 Å². The first kappa shape index (κ1) is 25.0. The second-order valence-corrected chi connectivity index (χ2v) is 11.1. The van der Waals surface area contributed by atoms with Gasteiger partial charge in [0.25, 0.3) is 0 Å². The van der Waals surface area contributed by atoms with Crippen LogP contribution in [0.1, 0.15) is 0 Å². The molecule has 0 saturated carbocycles. The summed E-state index contributed by atoms with van der Waals surface area (Å²) in [6.07, 6.45) is 0. The fourth-order valence-electron chi connectivity index (χ4n) is 0.964. The minimum atomic E-state index is 0. The predicted molar refractivity (Wildman–Crippen MR) is 121 cm³/mol. The summed E-state index contributed by atoms with van der Waals surface area (Å²) in [7, 11) is 0. The third-order valence-electron chi connectivity index (χ3n) is 1.93. The summed E-state index contributed by atoms with van der Waals surface area (Å²) in [4.78, 5) is 0. The van der Waals surface area contributed by atoms with Gasteiger partial charge in [0.1, 0.15) is 0 Å². The van der Waals surface area contributed by atoms with E-state index in [-0.39, 0.29) is 16.8 Å². The molecular weight excluding hydrogens is 978 g/mol. The van der Waals surface area contributed by atoms with Gasteiger partial charge in [-0.15, -0.1) is 56.7 Å².